The van der Waals surface area contributed by atoms with Crippen molar-refractivity contribution in [3.63, 3.8) is 0 Å². The first-order valence-corrected chi connectivity index (χ1v) is 15.5. The molecule has 3 amide bonds. The second-order valence-electron chi connectivity index (χ2n) is 11.9. The summed E-state index contributed by atoms with van der Waals surface area (Å²) in [6.45, 7) is 5.41. The van der Waals surface area contributed by atoms with Gasteiger partial charge in [-0.05, 0) is 67.1 Å². The number of fused-ring (bicyclic) bond motifs is 1. The third kappa shape index (κ3) is 7.85. The lowest BCUT2D eigenvalue weighted by Gasteiger charge is -2.38. The molecule has 1 aliphatic heterocycles. The quantitative estimate of drug-likeness (QED) is 0.190. The maximum Gasteiger partial charge on any atom is 0.323 e. The highest BCUT2D eigenvalue weighted by Crippen LogP contribution is 2.35. The predicted molar refractivity (Wildman–Crippen MR) is 181 cm³/mol. The number of para-hydroxylation sites is 1. The molecule has 1 heterocycles. The van der Waals surface area contributed by atoms with E-state index < -0.39 is 12.1 Å². The molecule has 0 saturated heterocycles. The Hall–Kier alpha value is -4.86. The lowest BCUT2D eigenvalue weighted by Crippen LogP contribution is -2.49. The highest BCUT2D eigenvalue weighted by molar-refractivity contribution is 6.04. The fourth-order valence-corrected chi connectivity index (χ4v) is 5.64. The molecule has 0 unspecified atom stereocenters. The summed E-state index contributed by atoms with van der Waals surface area (Å²) in [5.74, 6) is 0.658. The van der Waals surface area contributed by atoms with Crippen LogP contribution in [-0.4, -0.2) is 72.8 Å². The number of methoxy groups -OCH3 is 1. The minimum Gasteiger partial charge on any atom is -0.497 e. The highest BCUT2D eigenvalue weighted by atomic mass is 16.5. The van der Waals surface area contributed by atoms with E-state index in [1.54, 1.807) is 54.5 Å². The number of rotatable bonds is 10. The molecule has 0 fully saturated rings. The Morgan fingerprint density at radius 2 is 1.67 bits per heavy atom. The number of aliphatic hydroxyl groups excluding tert-OH is 1. The van der Waals surface area contributed by atoms with Gasteiger partial charge >= 0.3 is 6.03 Å². The van der Waals surface area contributed by atoms with Crippen molar-refractivity contribution in [2.75, 3.05) is 44.5 Å². The van der Waals surface area contributed by atoms with Crippen LogP contribution in [0.4, 0.5) is 16.2 Å². The van der Waals surface area contributed by atoms with Crippen LogP contribution in [0.25, 0.3) is 11.1 Å². The number of urea groups is 1. The number of hydrogen-bond acceptors (Lipinski definition) is 6. The summed E-state index contributed by atoms with van der Waals surface area (Å²) in [4.78, 5) is 30.8. The number of carbonyl (C=O) groups is 2. The number of ether oxygens (including phenoxy) is 2. The maximum atomic E-state index is 13.8. The van der Waals surface area contributed by atoms with Gasteiger partial charge in [0.15, 0.2) is 5.75 Å². The zero-order valence-corrected chi connectivity index (χ0v) is 26.8. The Labute approximate surface area is 270 Å². The van der Waals surface area contributed by atoms with E-state index in [1.165, 1.54) is 16.7 Å². The van der Waals surface area contributed by atoms with Gasteiger partial charge in [-0.2, -0.15) is 0 Å². The van der Waals surface area contributed by atoms with Crippen molar-refractivity contribution in [3.8, 4) is 22.6 Å². The molecule has 0 radical (unpaired) electrons. The van der Waals surface area contributed by atoms with E-state index in [-0.39, 0.29) is 24.5 Å². The van der Waals surface area contributed by atoms with Crippen LogP contribution in [-0.2, 0) is 6.54 Å². The largest absolute Gasteiger partial charge is 0.497 e. The van der Waals surface area contributed by atoms with Crippen molar-refractivity contribution in [3.05, 3.63) is 108 Å². The normalized spacial score (nSPS) is 16.9. The van der Waals surface area contributed by atoms with Gasteiger partial charge in [0.1, 0.15) is 11.9 Å². The predicted octanol–water partition coefficient (Wildman–Crippen LogP) is 6.36. The van der Waals surface area contributed by atoms with Crippen molar-refractivity contribution in [2.24, 2.45) is 5.92 Å². The number of aliphatic hydroxyl groups is 1. The molecule has 0 saturated carbocycles. The highest BCUT2D eigenvalue weighted by Gasteiger charge is 2.34. The zero-order chi connectivity index (χ0) is 32.6. The summed E-state index contributed by atoms with van der Waals surface area (Å²) in [7, 11) is 3.63. The van der Waals surface area contributed by atoms with Crippen molar-refractivity contribution in [1.82, 2.24) is 9.80 Å². The summed E-state index contributed by atoms with van der Waals surface area (Å²) in [6.07, 6.45) is -0.318. The minimum absolute atomic E-state index is 0.0739. The number of amides is 3. The number of carbonyl (C=O) groups excluding carboxylic acids is 2. The van der Waals surface area contributed by atoms with E-state index in [9.17, 15) is 14.7 Å². The van der Waals surface area contributed by atoms with E-state index in [0.29, 0.717) is 48.1 Å². The second-order valence-corrected chi connectivity index (χ2v) is 11.9. The molecule has 4 aromatic rings. The van der Waals surface area contributed by atoms with Crippen LogP contribution >= 0.6 is 0 Å². The molecule has 3 atom stereocenters. The maximum absolute atomic E-state index is 13.8. The lowest BCUT2D eigenvalue weighted by atomic mass is 9.98. The van der Waals surface area contributed by atoms with Crippen LogP contribution in [0.1, 0.15) is 29.8 Å². The van der Waals surface area contributed by atoms with Gasteiger partial charge in [-0.15, -0.1) is 0 Å². The fourth-order valence-electron chi connectivity index (χ4n) is 5.64. The van der Waals surface area contributed by atoms with Crippen LogP contribution in [0.2, 0.25) is 0 Å². The van der Waals surface area contributed by atoms with Crippen molar-refractivity contribution < 1.29 is 24.2 Å². The van der Waals surface area contributed by atoms with Gasteiger partial charge < -0.3 is 30.1 Å². The molecule has 0 aromatic heterocycles. The van der Waals surface area contributed by atoms with Crippen LogP contribution < -0.4 is 20.1 Å². The number of nitrogens with one attached hydrogen (secondary N) is 2. The summed E-state index contributed by atoms with van der Waals surface area (Å²) in [6, 6.07) is 30.1. The third-order valence-electron chi connectivity index (χ3n) is 8.29. The van der Waals surface area contributed by atoms with E-state index in [4.69, 9.17) is 9.47 Å². The van der Waals surface area contributed by atoms with Crippen LogP contribution in [0.15, 0.2) is 97.1 Å². The Bertz CT molecular complexity index is 1610. The zero-order valence-electron chi connectivity index (χ0n) is 26.8. The Morgan fingerprint density at radius 3 is 2.35 bits per heavy atom. The SMILES string of the molecule is COc1ccc(NC(=O)Nc2cccc3c2O[C@H](CN(C)Cc2ccc(-c4ccccc4)cc2)[C@H](C)CN([C@H](C)CO)C3=O)cc1. The summed E-state index contributed by atoms with van der Waals surface area (Å²) in [5, 5.41) is 15.7. The van der Waals surface area contributed by atoms with Gasteiger partial charge in [-0.25, -0.2) is 4.79 Å². The molecule has 9 nitrogen and oxygen atoms in total. The molecular formula is C37H42N4O5. The number of hydrogen-bond donors (Lipinski definition) is 3. The van der Waals surface area contributed by atoms with Crippen LogP contribution in [0, 0.1) is 5.92 Å². The van der Waals surface area contributed by atoms with Crippen molar-refractivity contribution in [1.29, 1.82) is 0 Å². The minimum atomic E-state index is -0.474. The lowest BCUT2D eigenvalue weighted by molar-refractivity contribution is 0.0343. The van der Waals surface area contributed by atoms with Gasteiger partial charge in [0.2, 0.25) is 0 Å². The molecule has 0 spiro atoms. The van der Waals surface area contributed by atoms with Gasteiger partial charge in [-0.1, -0.05) is 67.6 Å². The number of nitrogens with zero attached hydrogens (tertiary/aromatic N) is 2. The average Bonchev–Trinajstić information content (AvgIpc) is 3.07. The fraction of sp³-hybridized carbons (Fsp3) is 0.297. The Balaban J connectivity index is 1.36. The molecule has 46 heavy (non-hydrogen) atoms. The molecule has 240 valence electrons. The average molecular weight is 623 g/mol. The smallest absolute Gasteiger partial charge is 0.323 e. The topological polar surface area (TPSA) is 103 Å². The van der Waals surface area contributed by atoms with Crippen molar-refractivity contribution >= 4 is 23.3 Å². The van der Waals surface area contributed by atoms with Gasteiger partial charge in [0.25, 0.3) is 5.91 Å². The third-order valence-corrected chi connectivity index (χ3v) is 8.29. The molecule has 4 aromatic carbocycles. The van der Waals surface area contributed by atoms with E-state index in [0.717, 1.165) is 0 Å². The second kappa shape index (κ2) is 14.9. The van der Waals surface area contributed by atoms with Crippen molar-refractivity contribution in [2.45, 2.75) is 32.5 Å². The number of benzene rings is 4. The summed E-state index contributed by atoms with van der Waals surface area (Å²) in [5.41, 5.74) is 4.81. The molecule has 9 heteroatoms. The first-order chi connectivity index (χ1) is 22.2. The Morgan fingerprint density at radius 1 is 0.978 bits per heavy atom. The standard InChI is InChI=1S/C37H42N4O5/c1-25-21-41(26(2)24-42)36(43)32-11-8-12-33(39-37(44)38-30-17-19-31(45-4)20-18-30)35(32)46-34(25)23-40(3)22-27-13-15-29(16-14-27)28-9-6-5-7-10-28/h5-20,25-26,34,42H,21-24H2,1-4H3,(H2,38,39,44)/t25-,26-,34-/m1/s1. The summed E-state index contributed by atoms with van der Waals surface area (Å²) >= 11 is 0. The summed E-state index contributed by atoms with van der Waals surface area (Å²) < 4.78 is 11.9. The molecule has 3 N–H and O–H groups in total. The first kappa shape index (κ1) is 32.5. The van der Waals surface area contributed by atoms with E-state index in [2.05, 4.69) is 58.9 Å². The van der Waals surface area contributed by atoms with Gasteiger partial charge in [0.05, 0.1) is 31.0 Å². The Kier molecular flexibility index (Phi) is 10.6. The monoisotopic (exact) mass is 622 g/mol. The molecule has 0 aliphatic carbocycles. The molecular weight excluding hydrogens is 580 g/mol. The van der Waals surface area contributed by atoms with E-state index >= 15 is 0 Å². The van der Waals surface area contributed by atoms with Crippen LogP contribution in [0.3, 0.4) is 0 Å². The first-order valence-electron chi connectivity index (χ1n) is 15.5. The molecule has 0 bridgehead atoms. The molecule has 5 rings (SSSR count). The number of likely N-dealkylation sites (N-methyl/N-ethyl adjacent to an activating group) is 1. The van der Waals surface area contributed by atoms with Gasteiger partial charge in [-0.3, -0.25) is 9.69 Å². The molecule has 1 aliphatic rings. The number of anilines is 2. The van der Waals surface area contributed by atoms with Crippen LogP contribution in [0.5, 0.6) is 11.5 Å². The van der Waals surface area contributed by atoms with E-state index in [1.807, 2.05) is 32.2 Å². The van der Waals surface area contributed by atoms with Gasteiger partial charge in [0, 0.05) is 31.2 Å².